The van der Waals surface area contributed by atoms with Crippen molar-refractivity contribution in [2.45, 2.75) is 26.5 Å². The van der Waals surface area contributed by atoms with Gasteiger partial charge in [0, 0.05) is 28.2 Å². The van der Waals surface area contributed by atoms with E-state index in [9.17, 15) is 0 Å². The van der Waals surface area contributed by atoms with Gasteiger partial charge in [0.1, 0.15) is 12.4 Å². The molecule has 0 aliphatic carbocycles. The molecule has 0 atom stereocenters. The van der Waals surface area contributed by atoms with Crippen molar-refractivity contribution in [3.63, 3.8) is 0 Å². The van der Waals surface area contributed by atoms with E-state index < -0.39 is 0 Å². The van der Waals surface area contributed by atoms with Gasteiger partial charge >= 0.3 is 0 Å². The molecule has 0 saturated carbocycles. The normalized spacial score (nSPS) is 10.7. The van der Waals surface area contributed by atoms with Crippen LogP contribution in [0.2, 0.25) is 10.0 Å². The summed E-state index contributed by atoms with van der Waals surface area (Å²) in [5, 5.41) is 4.75. The highest BCUT2D eigenvalue weighted by Crippen LogP contribution is 2.34. The Kier molecular flexibility index (Phi) is 8.89. The summed E-state index contributed by atoms with van der Waals surface area (Å²) in [5.41, 5.74) is 3.12. The summed E-state index contributed by atoms with van der Waals surface area (Å²) in [7, 11) is 1.67. The maximum Gasteiger partial charge on any atom is 0.163 e. The van der Waals surface area contributed by atoms with E-state index in [1.165, 1.54) is 5.56 Å². The summed E-state index contributed by atoms with van der Waals surface area (Å²) in [6.07, 6.45) is 0.916. The molecule has 164 valence electrons. The maximum absolute atomic E-state index is 6.53. The molecular weight excluding hydrogens is 433 g/mol. The molecule has 0 saturated heterocycles. The zero-order valence-corrected chi connectivity index (χ0v) is 19.3. The lowest BCUT2D eigenvalue weighted by Gasteiger charge is -2.16. The van der Waals surface area contributed by atoms with Crippen LogP contribution in [0.4, 0.5) is 0 Å². The Morgan fingerprint density at radius 3 is 2.29 bits per heavy atom. The van der Waals surface area contributed by atoms with Crippen LogP contribution in [0.5, 0.6) is 17.2 Å². The molecule has 0 aromatic heterocycles. The van der Waals surface area contributed by atoms with Crippen molar-refractivity contribution in [3.05, 3.63) is 87.4 Å². The molecule has 0 bridgehead atoms. The van der Waals surface area contributed by atoms with E-state index >= 15 is 0 Å². The average molecular weight is 460 g/mol. The van der Waals surface area contributed by atoms with Crippen LogP contribution >= 0.6 is 23.2 Å². The zero-order valence-electron chi connectivity index (χ0n) is 17.8. The predicted octanol–water partition coefficient (Wildman–Crippen LogP) is 6.31. The standard InChI is InChI=1S/C25H27Cl2NO3/c1-3-30-24-14-20(16-28-13-12-18-8-10-21(29-2)11-9-18)23(27)15-25(24)31-17-19-6-4-5-7-22(19)26/h4-11,14-15,28H,3,12-13,16-17H2,1-2H3. The third-order valence-corrected chi connectivity index (χ3v) is 5.54. The summed E-state index contributed by atoms with van der Waals surface area (Å²) in [6.45, 7) is 4.29. The van der Waals surface area contributed by atoms with E-state index in [2.05, 4.69) is 17.4 Å². The third kappa shape index (κ3) is 6.79. The molecule has 0 fully saturated rings. The summed E-state index contributed by atoms with van der Waals surface area (Å²) < 4.78 is 17.0. The number of rotatable bonds is 11. The first-order valence-corrected chi connectivity index (χ1v) is 11.0. The Morgan fingerprint density at radius 2 is 1.58 bits per heavy atom. The van der Waals surface area contributed by atoms with Gasteiger partial charge in [-0.1, -0.05) is 53.5 Å². The van der Waals surface area contributed by atoms with Gasteiger partial charge in [-0.05, 0) is 55.3 Å². The van der Waals surface area contributed by atoms with Crippen LogP contribution in [0, 0.1) is 0 Å². The van der Waals surface area contributed by atoms with Crippen LogP contribution in [0.1, 0.15) is 23.6 Å². The minimum Gasteiger partial charge on any atom is -0.497 e. The van der Waals surface area contributed by atoms with Gasteiger partial charge in [0.05, 0.1) is 13.7 Å². The summed E-state index contributed by atoms with van der Waals surface area (Å²) in [4.78, 5) is 0. The summed E-state index contributed by atoms with van der Waals surface area (Å²) >= 11 is 12.8. The summed E-state index contributed by atoms with van der Waals surface area (Å²) in [5.74, 6) is 2.14. The topological polar surface area (TPSA) is 39.7 Å². The van der Waals surface area contributed by atoms with Crippen LogP contribution in [0.15, 0.2) is 60.7 Å². The molecule has 6 heteroatoms. The van der Waals surface area contributed by atoms with Gasteiger partial charge in [0.25, 0.3) is 0 Å². The molecular formula is C25H27Cl2NO3. The Morgan fingerprint density at radius 1 is 0.839 bits per heavy atom. The van der Waals surface area contributed by atoms with Gasteiger partial charge < -0.3 is 19.5 Å². The van der Waals surface area contributed by atoms with Crippen LogP contribution in [0.25, 0.3) is 0 Å². The largest absolute Gasteiger partial charge is 0.497 e. The van der Waals surface area contributed by atoms with Crippen molar-refractivity contribution in [2.75, 3.05) is 20.3 Å². The van der Waals surface area contributed by atoms with E-state index in [-0.39, 0.29) is 0 Å². The first-order valence-electron chi connectivity index (χ1n) is 10.3. The van der Waals surface area contributed by atoms with Crippen LogP contribution in [-0.2, 0) is 19.6 Å². The van der Waals surface area contributed by atoms with Gasteiger partial charge in [0.15, 0.2) is 11.5 Å². The molecule has 0 aliphatic heterocycles. The monoisotopic (exact) mass is 459 g/mol. The molecule has 4 nitrogen and oxygen atoms in total. The lowest BCUT2D eigenvalue weighted by molar-refractivity contribution is 0.269. The number of ether oxygens (including phenoxy) is 3. The molecule has 0 amide bonds. The van der Waals surface area contributed by atoms with Gasteiger partial charge in [-0.25, -0.2) is 0 Å². The molecule has 3 aromatic rings. The molecule has 0 radical (unpaired) electrons. The van der Waals surface area contributed by atoms with E-state index in [0.29, 0.717) is 41.3 Å². The lowest BCUT2D eigenvalue weighted by Crippen LogP contribution is -2.17. The maximum atomic E-state index is 6.53. The Balaban J connectivity index is 1.60. The molecule has 0 spiro atoms. The van der Waals surface area contributed by atoms with E-state index in [1.54, 1.807) is 7.11 Å². The van der Waals surface area contributed by atoms with Gasteiger partial charge in [0.2, 0.25) is 0 Å². The second-order valence-corrected chi connectivity index (χ2v) is 7.79. The van der Waals surface area contributed by atoms with Crippen molar-refractivity contribution in [3.8, 4) is 17.2 Å². The number of benzene rings is 3. The van der Waals surface area contributed by atoms with E-state index in [0.717, 1.165) is 29.8 Å². The molecule has 1 N–H and O–H groups in total. The number of hydrogen-bond acceptors (Lipinski definition) is 4. The summed E-state index contributed by atoms with van der Waals surface area (Å²) in [6, 6.07) is 19.5. The second-order valence-electron chi connectivity index (χ2n) is 6.98. The Labute approximate surface area is 194 Å². The van der Waals surface area contributed by atoms with E-state index in [1.807, 2.05) is 55.5 Å². The van der Waals surface area contributed by atoms with Crippen molar-refractivity contribution < 1.29 is 14.2 Å². The van der Waals surface area contributed by atoms with Crippen LogP contribution < -0.4 is 19.5 Å². The quantitative estimate of drug-likeness (QED) is 0.341. The molecule has 0 unspecified atom stereocenters. The van der Waals surface area contributed by atoms with Crippen LogP contribution in [0.3, 0.4) is 0 Å². The molecule has 0 aliphatic rings. The Hall–Kier alpha value is -2.40. The third-order valence-electron chi connectivity index (χ3n) is 4.82. The highest BCUT2D eigenvalue weighted by Gasteiger charge is 2.12. The highest BCUT2D eigenvalue weighted by atomic mass is 35.5. The second kappa shape index (κ2) is 11.8. The first kappa shape index (κ1) is 23.3. The molecule has 0 heterocycles. The van der Waals surface area contributed by atoms with Gasteiger partial charge in [-0.2, -0.15) is 0 Å². The van der Waals surface area contributed by atoms with Crippen molar-refractivity contribution in [1.82, 2.24) is 5.32 Å². The smallest absolute Gasteiger partial charge is 0.163 e. The Bertz CT molecular complexity index is 977. The minimum absolute atomic E-state index is 0.343. The van der Waals surface area contributed by atoms with Crippen LogP contribution in [-0.4, -0.2) is 20.3 Å². The zero-order chi connectivity index (χ0) is 22.1. The van der Waals surface area contributed by atoms with E-state index in [4.69, 9.17) is 37.4 Å². The minimum atomic E-state index is 0.343. The number of hydrogen-bond donors (Lipinski definition) is 1. The number of nitrogens with one attached hydrogen (secondary N) is 1. The fraction of sp³-hybridized carbons (Fsp3) is 0.280. The van der Waals surface area contributed by atoms with Crippen molar-refractivity contribution >= 4 is 23.2 Å². The molecule has 3 aromatic carbocycles. The lowest BCUT2D eigenvalue weighted by atomic mass is 10.1. The van der Waals surface area contributed by atoms with Gasteiger partial charge in [-0.15, -0.1) is 0 Å². The molecule has 31 heavy (non-hydrogen) atoms. The van der Waals surface area contributed by atoms with Gasteiger partial charge in [-0.3, -0.25) is 0 Å². The average Bonchev–Trinajstić information content (AvgIpc) is 2.79. The number of halogens is 2. The molecule has 3 rings (SSSR count). The highest BCUT2D eigenvalue weighted by molar-refractivity contribution is 6.31. The SMILES string of the molecule is CCOc1cc(CNCCc2ccc(OC)cc2)c(Cl)cc1OCc1ccccc1Cl. The number of methoxy groups -OCH3 is 1. The van der Waals surface area contributed by atoms with Crippen molar-refractivity contribution in [1.29, 1.82) is 0 Å². The first-order chi connectivity index (χ1) is 15.1. The fourth-order valence-electron chi connectivity index (χ4n) is 3.11. The van der Waals surface area contributed by atoms with Crippen molar-refractivity contribution in [2.24, 2.45) is 0 Å². The predicted molar refractivity (Wildman–Crippen MR) is 127 cm³/mol. The fourth-order valence-corrected chi connectivity index (χ4v) is 3.52.